The molecule has 0 spiro atoms. The maximum Gasteiger partial charge on any atom is 0.270 e. The maximum absolute atomic E-state index is 13.8. The summed E-state index contributed by atoms with van der Waals surface area (Å²) < 4.78 is 37.9. The van der Waals surface area contributed by atoms with E-state index >= 15 is 0 Å². The summed E-state index contributed by atoms with van der Waals surface area (Å²) in [6.45, 7) is 1.76. The number of rotatable bonds is 4. The second-order valence-corrected chi connectivity index (χ2v) is 4.83. The second kappa shape index (κ2) is 5.33. The number of benzene rings is 1. The molecule has 0 bridgehead atoms. The molecule has 0 radical (unpaired) electrons. The summed E-state index contributed by atoms with van der Waals surface area (Å²) in [5.41, 5.74) is 0.604. The topological polar surface area (TPSA) is 30.5 Å². The lowest BCUT2D eigenvalue weighted by Gasteiger charge is -2.22. The van der Waals surface area contributed by atoms with Crippen LogP contribution in [0.25, 0.3) is 0 Å². The predicted octanol–water partition coefficient (Wildman–Crippen LogP) is 3.24. The van der Waals surface area contributed by atoms with Crippen molar-refractivity contribution in [2.75, 3.05) is 20.8 Å². The maximum atomic E-state index is 13.8. The third-order valence-electron chi connectivity index (χ3n) is 3.46. The fourth-order valence-electron chi connectivity index (χ4n) is 2.51. The van der Waals surface area contributed by atoms with Crippen LogP contribution >= 0.6 is 0 Å². The van der Waals surface area contributed by atoms with Crippen LogP contribution in [-0.4, -0.2) is 20.8 Å². The van der Waals surface area contributed by atoms with Crippen LogP contribution in [-0.2, 0) is 5.92 Å². The molecule has 1 atom stereocenters. The van der Waals surface area contributed by atoms with Gasteiger partial charge in [-0.15, -0.1) is 0 Å². The smallest absolute Gasteiger partial charge is 0.270 e. The van der Waals surface area contributed by atoms with Gasteiger partial charge in [-0.25, -0.2) is 8.78 Å². The van der Waals surface area contributed by atoms with Crippen LogP contribution in [0.2, 0.25) is 0 Å². The molecule has 5 heteroatoms. The minimum absolute atomic E-state index is 0.00421. The Kier molecular flexibility index (Phi) is 3.94. The summed E-state index contributed by atoms with van der Waals surface area (Å²) in [5, 5.41) is 3.24. The SMILES string of the molecule is COc1cc(C2CCCN2)c(C(C)(F)F)cc1OC. The monoisotopic (exact) mass is 271 g/mol. The quantitative estimate of drug-likeness (QED) is 0.912. The van der Waals surface area contributed by atoms with Gasteiger partial charge in [-0.05, 0) is 37.1 Å². The summed E-state index contributed by atoms with van der Waals surface area (Å²) >= 11 is 0. The number of halogens is 2. The third kappa shape index (κ3) is 2.81. The van der Waals surface area contributed by atoms with Gasteiger partial charge in [0.25, 0.3) is 5.92 Å². The first-order chi connectivity index (χ1) is 8.97. The van der Waals surface area contributed by atoms with Gasteiger partial charge in [-0.3, -0.25) is 0 Å². The van der Waals surface area contributed by atoms with Crippen molar-refractivity contribution in [2.24, 2.45) is 0 Å². The number of nitrogens with one attached hydrogen (secondary N) is 1. The number of hydrogen-bond donors (Lipinski definition) is 1. The molecule has 0 aliphatic carbocycles. The van der Waals surface area contributed by atoms with Gasteiger partial charge in [0.05, 0.1) is 14.2 Å². The highest BCUT2D eigenvalue weighted by molar-refractivity contribution is 5.50. The molecule has 1 aromatic rings. The van der Waals surface area contributed by atoms with E-state index in [4.69, 9.17) is 9.47 Å². The molecule has 1 unspecified atom stereocenters. The van der Waals surface area contributed by atoms with E-state index in [2.05, 4.69) is 5.32 Å². The van der Waals surface area contributed by atoms with Gasteiger partial charge in [-0.2, -0.15) is 0 Å². The van der Waals surface area contributed by atoms with Crippen molar-refractivity contribution >= 4 is 0 Å². The number of alkyl halides is 2. The highest BCUT2D eigenvalue weighted by Crippen LogP contribution is 2.41. The average molecular weight is 271 g/mol. The molecular weight excluding hydrogens is 252 g/mol. The van der Waals surface area contributed by atoms with Crippen molar-refractivity contribution < 1.29 is 18.3 Å². The second-order valence-electron chi connectivity index (χ2n) is 4.83. The average Bonchev–Trinajstić information content (AvgIpc) is 2.89. The number of ether oxygens (including phenoxy) is 2. The molecule has 1 aliphatic rings. The Morgan fingerprint density at radius 3 is 2.32 bits per heavy atom. The zero-order valence-corrected chi connectivity index (χ0v) is 11.4. The Hall–Kier alpha value is -1.36. The van der Waals surface area contributed by atoms with Crippen molar-refractivity contribution in [3.8, 4) is 11.5 Å². The van der Waals surface area contributed by atoms with E-state index in [9.17, 15) is 8.78 Å². The highest BCUT2D eigenvalue weighted by Gasteiger charge is 2.33. The first-order valence-electron chi connectivity index (χ1n) is 6.35. The Bertz CT molecular complexity index is 451. The predicted molar refractivity (Wildman–Crippen MR) is 69.1 cm³/mol. The van der Waals surface area contributed by atoms with E-state index in [-0.39, 0.29) is 11.6 Å². The molecule has 0 saturated carbocycles. The van der Waals surface area contributed by atoms with Crippen LogP contribution in [0.15, 0.2) is 12.1 Å². The summed E-state index contributed by atoms with van der Waals surface area (Å²) in [6.07, 6.45) is 1.85. The van der Waals surface area contributed by atoms with Crippen molar-refractivity contribution in [1.29, 1.82) is 0 Å². The standard InChI is InChI=1S/C14H19F2NO2/c1-14(15,16)10-8-13(19-3)12(18-2)7-9(10)11-5-4-6-17-11/h7-8,11,17H,4-6H2,1-3H3. The molecule has 19 heavy (non-hydrogen) atoms. The lowest BCUT2D eigenvalue weighted by Crippen LogP contribution is -2.19. The summed E-state index contributed by atoms with van der Waals surface area (Å²) in [7, 11) is 2.95. The Morgan fingerprint density at radius 1 is 1.21 bits per heavy atom. The Balaban J connectivity index is 2.54. The van der Waals surface area contributed by atoms with Gasteiger partial charge >= 0.3 is 0 Å². The Labute approximate surface area is 111 Å². The molecule has 0 amide bonds. The molecule has 1 aromatic carbocycles. The summed E-state index contributed by atoms with van der Waals surface area (Å²) in [5.74, 6) is -2.08. The number of methoxy groups -OCH3 is 2. The van der Waals surface area contributed by atoms with Gasteiger partial charge in [0, 0.05) is 18.5 Å². The molecule has 0 aromatic heterocycles. The molecule has 3 nitrogen and oxygen atoms in total. The molecule has 1 N–H and O–H groups in total. The molecule has 2 rings (SSSR count). The van der Waals surface area contributed by atoms with Crippen LogP contribution in [0, 0.1) is 0 Å². The summed E-state index contributed by atoms with van der Waals surface area (Å²) in [6, 6.07) is 3.00. The fourth-order valence-corrected chi connectivity index (χ4v) is 2.51. The van der Waals surface area contributed by atoms with Crippen LogP contribution < -0.4 is 14.8 Å². The van der Waals surface area contributed by atoms with Gasteiger partial charge in [0.1, 0.15) is 0 Å². The minimum atomic E-state index is -2.90. The van der Waals surface area contributed by atoms with Crippen LogP contribution in [0.4, 0.5) is 8.78 Å². The van der Waals surface area contributed by atoms with Crippen LogP contribution in [0.5, 0.6) is 11.5 Å². The molecule has 1 aliphatic heterocycles. The van der Waals surface area contributed by atoms with Crippen LogP contribution in [0.3, 0.4) is 0 Å². The van der Waals surface area contributed by atoms with E-state index in [1.54, 1.807) is 6.07 Å². The Morgan fingerprint density at radius 2 is 1.84 bits per heavy atom. The first kappa shape index (κ1) is 14.1. The van der Waals surface area contributed by atoms with Gasteiger partial charge < -0.3 is 14.8 Å². The van der Waals surface area contributed by atoms with Crippen molar-refractivity contribution in [3.63, 3.8) is 0 Å². The van der Waals surface area contributed by atoms with Gasteiger partial charge in [0.2, 0.25) is 0 Å². The molecule has 1 heterocycles. The van der Waals surface area contributed by atoms with E-state index in [1.165, 1.54) is 20.3 Å². The van der Waals surface area contributed by atoms with E-state index in [0.29, 0.717) is 17.1 Å². The van der Waals surface area contributed by atoms with E-state index in [0.717, 1.165) is 26.3 Å². The molecule has 1 fully saturated rings. The molecule has 1 saturated heterocycles. The molecule has 106 valence electrons. The zero-order chi connectivity index (χ0) is 14.0. The molecular formula is C14H19F2NO2. The van der Waals surface area contributed by atoms with E-state index < -0.39 is 5.92 Å². The minimum Gasteiger partial charge on any atom is -0.493 e. The fraction of sp³-hybridized carbons (Fsp3) is 0.571. The summed E-state index contributed by atoms with van der Waals surface area (Å²) in [4.78, 5) is 0. The largest absolute Gasteiger partial charge is 0.493 e. The normalized spacial score (nSPS) is 19.5. The first-order valence-corrected chi connectivity index (χ1v) is 6.35. The van der Waals surface area contributed by atoms with Crippen molar-refractivity contribution in [1.82, 2.24) is 5.32 Å². The third-order valence-corrected chi connectivity index (χ3v) is 3.46. The van der Waals surface area contributed by atoms with Crippen molar-refractivity contribution in [3.05, 3.63) is 23.3 Å². The van der Waals surface area contributed by atoms with E-state index in [1.807, 2.05) is 0 Å². The lowest BCUT2D eigenvalue weighted by atomic mass is 9.94. The van der Waals surface area contributed by atoms with Gasteiger partial charge in [-0.1, -0.05) is 0 Å². The number of hydrogen-bond acceptors (Lipinski definition) is 3. The van der Waals surface area contributed by atoms with Crippen LogP contribution in [0.1, 0.15) is 36.9 Å². The van der Waals surface area contributed by atoms with Gasteiger partial charge in [0.15, 0.2) is 11.5 Å². The highest BCUT2D eigenvalue weighted by atomic mass is 19.3. The van der Waals surface area contributed by atoms with Crippen molar-refractivity contribution in [2.45, 2.75) is 31.7 Å². The lowest BCUT2D eigenvalue weighted by molar-refractivity contribution is 0.0158. The zero-order valence-electron chi connectivity index (χ0n) is 11.4.